The molecule has 0 aliphatic rings. The van der Waals surface area contributed by atoms with Gasteiger partial charge in [-0.1, -0.05) is 13.8 Å². The summed E-state index contributed by atoms with van der Waals surface area (Å²) < 4.78 is 2.26. The Morgan fingerprint density at radius 3 is 2.94 bits per heavy atom. The van der Waals surface area contributed by atoms with E-state index in [-0.39, 0.29) is 0 Å². The lowest BCUT2D eigenvalue weighted by atomic mass is 10.2. The molecule has 1 aromatic rings. The van der Waals surface area contributed by atoms with Gasteiger partial charge >= 0.3 is 0 Å². The average Bonchev–Trinajstić information content (AvgIpc) is 2.72. The summed E-state index contributed by atoms with van der Waals surface area (Å²) in [6.07, 6.45) is 6.18. The summed E-state index contributed by atoms with van der Waals surface area (Å²) in [5.74, 6) is 3.55. The van der Waals surface area contributed by atoms with Crippen LogP contribution in [0.15, 0.2) is 12.4 Å². The molecule has 92 valence electrons. The minimum Gasteiger partial charge on any atom is -0.335 e. The third-order valence-corrected chi connectivity index (χ3v) is 3.67. The molecule has 16 heavy (non-hydrogen) atoms. The fraction of sp³-hybridized carbons (Fsp3) is 0.750. The molecule has 0 bridgehead atoms. The van der Waals surface area contributed by atoms with Gasteiger partial charge in [-0.25, -0.2) is 4.98 Å². The maximum atomic E-state index is 4.44. The molecule has 1 aromatic heterocycles. The van der Waals surface area contributed by atoms with Gasteiger partial charge in [0, 0.05) is 37.2 Å². The highest BCUT2D eigenvalue weighted by atomic mass is 32.2. The summed E-state index contributed by atoms with van der Waals surface area (Å²) in [4.78, 5) is 4.44. The van der Waals surface area contributed by atoms with Gasteiger partial charge in [0.15, 0.2) is 0 Å². The maximum Gasteiger partial charge on any atom is 0.110 e. The van der Waals surface area contributed by atoms with Crippen molar-refractivity contribution < 1.29 is 0 Å². The van der Waals surface area contributed by atoms with Gasteiger partial charge in [-0.15, -0.1) is 0 Å². The zero-order chi connectivity index (χ0) is 11.8. The average molecular weight is 241 g/mol. The van der Waals surface area contributed by atoms with Crippen LogP contribution in [0.4, 0.5) is 0 Å². The number of imidazole rings is 1. The SMILES string of the molecule is CCCn1ccnc1CC(CSCC)NC. The Hall–Kier alpha value is -0.480. The van der Waals surface area contributed by atoms with Gasteiger partial charge < -0.3 is 9.88 Å². The number of hydrogen-bond acceptors (Lipinski definition) is 3. The molecule has 0 saturated heterocycles. The van der Waals surface area contributed by atoms with Crippen molar-refractivity contribution in [1.82, 2.24) is 14.9 Å². The Morgan fingerprint density at radius 2 is 2.31 bits per heavy atom. The number of hydrogen-bond donors (Lipinski definition) is 1. The lowest BCUT2D eigenvalue weighted by Crippen LogP contribution is -2.31. The summed E-state index contributed by atoms with van der Waals surface area (Å²) in [7, 11) is 2.04. The molecule has 4 heteroatoms. The van der Waals surface area contributed by atoms with Crippen LogP contribution in [0.3, 0.4) is 0 Å². The van der Waals surface area contributed by atoms with E-state index < -0.39 is 0 Å². The summed E-state index contributed by atoms with van der Waals surface area (Å²) >= 11 is 1.98. The second-order valence-corrected chi connectivity index (χ2v) is 5.20. The van der Waals surface area contributed by atoms with E-state index in [0.29, 0.717) is 6.04 Å². The van der Waals surface area contributed by atoms with Gasteiger partial charge in [0.05, 0.1) is 0 Å². The minimum absolute atomic E-state index is 0.531. The van der Waals surface area contributed by atoms with Gasteiger partial charge in [0.1, 0.15) is 5.82 Å². The van der Waals surface area contributed by atoms with Gasteiger partial charge in [-0.05, 0) is 19.2 Å². The predicted molar refractivity (Wildman–Crippen MR) is 72.1 cm³/mol. The first kappa shape index (κ1) is 13.6. The van der Waals surface area contributed by atoms with Crippen molar-refractivity contribution in [3.63, 3.8) is 0 Å². The third kappa shape index (κ3) is 4.18. The molecule has 1 atom stereocenters. The second kappa shape index (κ2) is 7.74. The molecular formula is C12H23N3S. The van der Waals surface area contributed by atoms with Crippen LogP contribution in [0.25, 0.3) is 0 Å². The van der Waals surface area contributed by atoms with Gasteiger partial charge in [0.2, 0.25) is 0 Å². The Kier molecular flexibility index (Phi) is 6.57. The first-order valence-electron chi connectivity index (χ1n) is 6.06. The number of aryl methyl sites for hydroxylation is 1. The molecule has 1 heterocycles. The fourth-order valence-corrected chi connectivity index (χ4v) is 2.50. The number of thioether (sulfide) groups is 1. The molecule has 0 aliphatic heterocycles. The Morgan fingerprint density at radius 1 is 1.50 bits per heavy atom. The number of rotatable bonds is 8. The molecule has 3 nitrogen and oxygen atoms in total. The molecule has 0 aromatic carbocycles. The van der Waals surface area contributed by atoms with Gasteiger partial charge in [-0.3, -0.25) is 0 Å². The predicted octanol–water partition coefficient (Wildman–Crippen LogP) is 2.18. The number of nitrogens with one attached hydrogen (secondary N) is 1. The molecule has 0 aliphatic carbocycles. The monoisotopic (exact) mass is 241 g/mol. The fourth-order valence-electron chi connectivity index (χ4n) is 1.70. The normalized spacial score (nSPS) is 12.9. The standard InChI is InChI=1S/C12H23N3S/c1-4-7-15-8-6-14-12(15)9-11(13-3)10-16-5-2/h6,8,11,13H,4-5,7,9-10H2,1-3H3. The van der Waals surface area contributed by atoms with Crippen LogP contribution in [-0.4, -0.2) is 34.1 Å². The lowest BCUT2D eigenvalue weighted by molar-refractivity contribution is 0.560. The first-order chi connectivity index (χ1) is 7.81. The van der Waals surface area contributed by atoms with Crippen LogP contribution < -0.4 is 5.32 Å². The molecule has 0 fully saturated rings. The highest BCUT2D eigenvalue weighted by molar-refractivity contribution is 7.99. The number of likely N-dealkylation sites (N-methyl/N-ethyl adjacent to an activating group) is 1. The summed E-state index contributed by atoms with van der Waals surface area (Å²) in [5.41, 5.74) is 0. The van der Waals surface area contributed by atoms with E-state index in [0.717, 1.165) is 25.1 Å². The van der Waals surface area contributed by atoms with Crippen molar-refractivity contribution in [2.75, 3.05) is 18.6 Å². The Labute approximate surface area is 103 Å². The quantitative estimate of drug-likeness (QED) is 0.756. The Balaban J connectivity index is 2.51. The van der Waals surface area contributed by atoms with Crippen molar-refractivity contribution in [2.45, 2.75) is 39.3 Å². The van der Waals surface area contributed by atoms with Crippen molar-refractivity contribution >= 4 is 11.8 Å². The number of nitrogens with zero attached hydrogens (tertiary/aromatic N) is 2. The summed E-state index contributed by atoms with van der Waals surface area (Å²) in [5, 5.41) is 3.37. The maximum absolute atomic E-state index is 4.44. The largest absolute Gasteiger partial charge is 0.335 e. The molecule has 0 spiro atoms. The van der Waals surface area contributed by atoms with Crippen LogP contribution in [-0.2, 0) is 13.0 Å². The van der Waals surface area contributed by atoms with Gasteiger partial charge in [-0.2, -0.15) is 11.8 Å². The smallest absolute Gasteiger partial charge is 0.110 e. The first-order valence-corrected chi connectivity index (χ1v) is 7.22. The molecule has 0 saturated carbocycles. The zero-order valence-electron chi connectivity index (χ0n) is 10.6. The van der Waals surface area contributed by atoms with Crippen LogP contribution in [0.5, 0.6) is 0 Å². The van der Waals surface area contributed by atoms with E-state index in [1.54, 1.807) is 0 Å². The van der Waals surface area contributed by atoms with Crippen molar-refractivity contribution in [1.29, 1.82) is 0 Å². The van der Waals surface area contributed by atoms with E-state index in [1.165, 1.54) is 11.6 Å². The molecule has 0 amide bonds. The number of aromatic nitrogens is 2. The third-order valence-electron chi connectivity index (χ3n) is 2.63. The molecule has 0 radical (unpaired) electrons. The van der Waals surface area contributed by atoms with Crippen LogP contribution in [0.2, 0.25) is 0 Å². The highest BCUT2D eigenvalue weighted by Gasteiger charge is 2.10. The van der Waals surface area contributed by atoms with E-state index >= 15 is 0 Å². The van der Waals surface area contributed by atoms with E-state index in [1.807, 2.05) is 25.0 Å². The minimum atomic E-state index is 0.531. The van der Waals surface area contributed by atoms with Crippen molar-refractivity contribution in [3.05, 3.63) is 18.2 Å². The van der Waals surface area contributed by atoms with Crippen molar-refractivity contribution in [2.24, 2.45) is 0 Å². The molecule has 1 N–H and O–H groups in total. The Bertz CT molecular complexity index is 286. The van der Waals surface area contributed by atoms with Gasteiger partial charge in [0.25, 0.3) is 0 Å². The van der Waals surface area contributed by atoms with Crippen LogP contribution >= 0.6 is 11.8 Å². The van der Waals surface area contributed by atoms with Crippen LogP contribution in [0, 0.1) is 0 Å². The summed E-state index contributed by atoms with van der Waals surface area (Å²) in [6.45, 7) is 5.48. The topological polar surface area (TPSA) is 29.9 Å². The van der Waals surface area contributed by atoms with Crippen molar-refractivity contribution in [3.8, 4) is 0 Å². The second-order valence-electron chi connectivity index (χ2n) is 3.89. The highest BCUT2D eigenvalue weighted by Crippen LogP contribution is 2.08. The van der Waals surface area contributed by atoms with E-state index in [4.69, 9.17) is 0 Å². The lowest BCUT2D eigenvalue weighted by Gasteiger charge is -2.16. The van der Waals surface area contributed by atoms with Crippen LogP contribution in [0.1, 0.15) is 26.1 Å². The van der Waals surface area contributed by atoms with E-state index in [9.17, 15) is 0 Å². The zero-order valence-corrected chi connectivity index (χ0v) is 11.4. The summed E-state index contributed by atoms with van der Waals surface area (Å²) in [6, 6.07) is 0.531. The molecular weight excluding hydrogens is 218 g/mol. The molecule has 1 unspecified atom stereocenters. The molecule has 1 rings (SSSR count). The van der Waals surface area contributed by atoms with E-state index in [2.05, 4.69) is 34.9 Å².